The topological polar surface area (TPSA) is 52.0 Å². The Balaban J connectivity index is 1.57. The molecule has 142 valence electrons. The molecule has 2 aromatic carbocycles. The van der Waals surface area contributed by atoms with E-state index in [0.29, 0.717) is 17.3 Å². The van der Waals surface area contributed by atoms with Crippen LogP contribution in [0.15, 0.2) is 75.5 Å². The van der Waals surface area contributed by atoms with E-state index in [1.807, 2.05) is 48.5 Å². The smallest absolute Gasteiger partial charge is 0.268 e. The standard InChI is InChI=1S/C22H20N2O2S2/c25-19(17-9-5-2-6-10-17)15-28-22-23-18-12-14-27-20(18)21(26)24(22)13-11-16-7-3-1-4-8-16/h1-10H,11-15H2. The molecule has 0 amide bonds. The van der Waals surface area contributed by atoms with Crippen LogP contribution in [-0.4, -0.2) is 26.8 Å². The van der Waals surface area contributed by atoms with Crippen LogP contribution in [0.25, 0.3) is 0 Å². The molecule has 3 aromatic rings. The number of thioether (sulfide) groups is 2. The second kappa shape index (κ2) is 8.80. The zero-order valence-corrected chi connectivity index (χ0v) is 17.0. The molecule has 0 bridgehead atoms. The number of rotatable bonds is 7. The summed E-state index contributed by atoms with van der Waals surface area (Å²) in [6.07, 6.45) is 1.57. The lowest BCUT2D eigenvalue weighted by atomic mass is 10.1. The summed E-state index contributed by atoms with van der Waals surface area (Å²) in [4.78, 5) is 31.0. The van der Waals surface area contributed by atoms with E-state index >= 15 is 0 Å². The Kier molecular flexibility index (Phi) is 5.98. The summed E-state index contributed by atoms with van der Waals surface area (Å²) >= 11 is 2.95. The molecule has 0 N–H and O–H groups in total. The van der Waals surface area contributed by atoms with Crippen molar-refractivity contribution in [2.24, 2.45) is 0 Å². The molecule has 0 saturated carbocycles. The Labute approximate surface area is 172 Å². The van der Waals surface area contributed by atoms with Gasteiger partial charge in [-0.2, -0.15) is 0 Å². The average molecular weight is 409 g/mol. The van der Waals surface area contributed by atoms with Gasteiger partial charge in [-0.05, 0) is 12.0 Å². The second-order valence-corrected chi connectivity index (χ2v) is 8.59. The number of aromatic nitrogens is 2. The van der Waals surface area contributed by atoms with E-state index in [2.05, 4.69) is 12.1 Å². The van der Waals surface area contributed by atoms with Gasteiger partial charge in [0.25, 0.3) is 5.56 Å². The van der Waals surface area contributed by atoms with Gasteiger partial charge in [0.1, 0.15) is 0 Å². The van der Waals surface area contributed by atoms with Crippen molar-refractivity contribution < 1.29 is 4.79 Å². The molecule has 1 aliphatic rings. The fraction of sp³-hybridized carbons (Fsp3) is 0.227. The minimum Gasteiger partial charge on any atom is -0.293 e. The zero-order chi connectivity index (χ0) is 19.3. The predicted octanol–water partition coefficient (Wildman–Crippen LogP) is 4.11. The fourth-order valence-corrected chi connectivity index (χ4v) is 5.13. The van der Waals surface area contributed by atoms with Crippen LogP contribution in [0.4, 0.5) is 0 Å². The van der Waals surface area contributed by atoms with Gasteiger partial charge >= 0.3 is 0 Å². The summed E-state index contributed by atoms with van der Waals surface area (Å²) in [6, 6.07) is 19.4. The van der Waals surface area contributed by atoms with Gasteiger partial charge in [0.2, 0.25) is 0 Å². The maximum atomic E-state index is 13.0. The van der Waals surface area contributed by atoms with E-state index in [0.717, 1.165) is 29.2 Å². The number of benzene rings is 2. The van der Waals surface area contributed by atoms with Gasteiger partial charge in [-0.1, -0.05) is 72.4 Å². The third-order valence-electron chi connectivity index (χ3n) is 4.64. The van der Waals surface area contributed by atoms with Crippen molar-refractivity contribution in [1.82, 2.24) is 9.55 Å². The zero-order valence-electron chi connectivity index (χ0n) is 15.3. The molecule has 1 aliphatic heterocycles. The van der Waals surface area contributed by atoms with Crippen LogP contribution in [0.3, 0.4) is 0 Å². The van der Waals surface area contributed by atoms with Crippen LogP contribution in [-0.2, 0) is 19.4 Å². The molecule has 1 aromatic heterocycles. The van der Waals surface area contributed by atoms with Crippen LogP contribution >= 0.6 is 23.5 Å². The highest BCUT2D eigenvalue weighted by molar-refractivity contribution is 8.00. The third kappa shape index (κ3) is 4.23. The molecule has 4 nitrogen and oxygen atoms in total. The predicted molar refractivity (Wildman–Crippen MR) is 115 cm³/mol. The van der Waals surface area contributed by atoms with Gasteiger partial charge in [0.15, 0.2) is 10.9 Å². The number of aryl methyl sites for hydroxylation is 2. The molecule has 0 atom stereocenters. The Bertz CT molecular complexity index is 1030. The molecule has 0 unspecified atom stereocenters. The Morgan fingerprint density at radius 3 is 2.54 bits per heavy atom. The molecule has 4 rings (SSSR count). The van der Waals surface area contributed by atoms with Gasteiger partial charge in [0.05, 0.1) is 16.3 Å². The average Bonchev–Trinajstić information content (AvgIpc) is 3.22. The first-order chi connectivity index (χ1) is 13.7. The summed E-state index contributed by atoms with van der Waals surface area (Å²) in [6.45, 7) is 0.561. The van der Waals surface area contributed by atoms with Crippen molar-refractivity contribution in [1.29, 1.82) is 0 Å². The molecular formula is C22H20N2O2S2. The first kappa shape index (κ1) is 19.0. The van der Waals surface area contributed by atoms with Crippen molar-refractivity contribution >= 4 is 29.3 Å². The Hall–Kier alpha value is -2.31. The van der Waals surface area contributed by atoms with E-state index in [9.17, 15) is 9.59 Å². The number of carbonyl (C=O) groups is 1. The van der Waals surface area contributed by atoms with Crippen LogP contribution in [0.2, 0.25) is 0 Å². The monoisotopic (exact) mass is 408 g/mol. The normalized spacial score (nSPS) is 12.7. The van der Waals surface area contributed by atoms with E-state index in [1.54, 1.807) is 16.3 Å². The summed E-state index contributed by atoms with van der Waals surface area (Å²) in [7, 11) is 0. The van der Waals surface area contributed by atoms with Crippen LogP contribution in [0.1, 0.15) is 21.6 Å². The molecule has 0 spiro atoms. The largest absolute Gasteiger partial charge is 0.293 e. The highest BCUT2D eigenvalue weighted by Gasteiger charge is 2.22. The quantitative estimate of drug-likeness (QED) is 0.335. The Morgan fingerprint density at radius 2 is 1.79 bits per heavy atom. The number of Topliss-reactive ketones (excluding diaryl/α,β-unsaturated/α-hetero) is 1. The summed E-state index contributed by atoms with van der Waals surface area (Å²) in [5.41, 5.74) is 2.77. The van der Waals surface area contributed by atoms with Crippen LogP contribution in [0, 0.1) is 0 Å². The lowest BCUT2D eigenvalue weighted by Crippen LogP contribution is -2.26. The number of nitrogens with zero attached hydrogens (tertiary/aromatic N) is 2. The van der Waals surface area contributed by atoms with Crippen molar-refractivity contribution in [2.75, 3.05) is 11.5 Å². The summed E-state index contributed by atoms with van der Waals surface area (Å²) in [5.74, 6) is 1.21. The molecule has 0 saturated heterocycles. The summed E-state index contributed by atoms with van der Waals surface area (Å²) < 4.78 is 1.74. The maximum absolute atomic E-state index is 13.0. The highest BCUT2D eigenvalue weighted by Crippen LogP contribution is 2.29. The van der Waals surface area contributed by atoms with Crippen molar-refractivity contribution in [2.45, 2.75) is 29.4 Å². The lowest BCUT2D eigenvalue weighted by Gasteiger charge is -2.13. The number of carbonyl (C=O) groups excluding carboxylic acids is 1. The molecule has 28 heavy (non-hydrogen) atoms. The molecule has 2 heterocycles. The first-order valence-electron chi connectivity index (χ1n) is 9.24. The van der Waals surface area contributed by atoms with Gasteiger partial charge in [-0.15, -0.1) is 11.8 Å². The van der Waals surface area contributed by atoms with Crippen molar-refractivity contribution in [3.05, 3.63) is 87.8 Å². The minimum atomic E-state index is 0.0260. The highest BCUT2D eigenvalue weighted by atomic mass is 32.2. The van der Waals surface area contributed by atoms with Crippen LogP contribution < -0.4 is 5.56 Å². The minimum absolute atomic E-state index is 0.0260. The lowest BCUT2D eigenvalue weighted by molar-refractivity contribution is 0.102. The van der Waals surface area contributed by atoms with E-state index < -0.39 is 0 Å². The second-order valence-electron chi connectivity index (χ2n) is 6.54. The van der Waals surface area contributed by atoms with Gasteiger partial charge in [-0.3, -0.25) is 14.2 Å². The molecule has 6 heteroatoms. The van der Waals surface area contributed by atoms with E-state index in [-0.39, 0.29) is 17.1 Å². The molecule has 0 radical (unpaired) electrons. The van der Waals surface area contributed by atoms with E-state index in [4.69, 9.17) is 4.98 Å². The number of fused-ring (bicyclic) bond motifs is 1. The fourth-order valence-electron chi connectivity index (χ4n) is 3.15. The Morgan fingerprint density at radius 1 is 1.07 bits per heavy atom. The number of hydrogen-bond donors (Lipinski definition) is 0. The molecule has 0 aliphatic carbocycles. The SMILES string of the molecule is O=C(CSc1nc2c(c(=O)n1CCc1ccccc1)SCC2)c1ccccc1. The molecular weight excluding hydrogens is 388 g/mol. The van der Waals surface area contributed by atoms with Crippen molar-refractivity contribution in [3.63, 3.8) is 0 Å². The third-order valence-corrected chi connectivity index (χ3v) is 6.73. The van der Waals surface area contributed by atoms with Crippen molar-refractivity contribution in [3.8, 4) is 0 Å². The maximum Gasteiger partial charge on any atom is 0.268 e. The van der Waals surface area contributed by atoms with Crippen LogP contribution in [0.5, 0.6) is 0 Å². The first-order valence-corrected chi connectivity index (χ1v) is 11.2. The van der Waals surface area contributed by atoms with Gasteiger partial charge < -0.3 is 0 Å². The number of hydrogen-bond acceptors (Lipinski definition) is 5. The van der Waals surface area contributed by atoms with Gasteiger partial charge in [0, 0.05) is 24.3 Å². The van der Waals surface area contributed by atoms with Gasteiger partial charge in [-0.25, -0.2) is 4.98 Å². The van der Waals surface area contributed by atoms with E-state index in [1.165, 1.54) is 17.3 Å². The summed E-state index contributed by atoms with van der Waals surface area (Å²) in [5, 5.41) is 0.645. The number of ketones is 1. The molecule has 0 fully saturated rings.